The lowest BCUT2D eigenvalue weighted by Crippen LogP contribution is -1.81. The lowest BCUT2D eigenvalue weighted by Gasteiger charge is -1.96. The van der Waals surface area contributed by atoms with Crippen LogP contribution < -0.4 is 0 Å². The van der Waals surface area contributed by atoms with Gasteiger partial charge < -0.3 is 4.42 Å². The van der Waals surface area contributed by atoms with Gasteiger partial charge in [0.15, 0.2) is 0 Å². The van der Waals surface area contributed by atoms with E-state index in [1.165, 1.54) is 12.0 Å². The number of aromatic nitrogens is 2. The van der Waals surface area contributed by atoms with Gasteiger partial charge in [0.05, 0.1) is 5.75 Å². The van der Waals surface area contributed by atoms with Crippen LogP contribution in [0.25, 0.3) is 11.5 Å². The van der Waals surface area contributed by atoms with Gasteiger partial charge >= 0.3 is 0 Å². The van der Waals surface area contributed by atoms with E-state index < -0.39 is 0 Å². The Morgan fingerprint density at radius 1 is 1.29 bits per heavy atom. The number of aryl methyl sites for hydroxylation is 1. The Hall–Kier alpha value is -1.29. The van der Waals surface area contributed by atoms with E-state index in [0.717, 1.165) is 17.1 Å². The second kappa shape index (κ2) is 5.87. The molecule has 4 heteroatoms. The molecule has 2 rings (SSSR count). The van der Waals surface area contributed by atoms with Crippen LogP contribution in [0.15, 0.2) is 28.7 Å². The highest BCUT2D eigenvalue weighted by atomic mass is 32.2. The van der Waals surface area contributed by atoms with Gasteiger partial charge in [0.1, 0.15) is 0 Å². The molecule has 1 aromatic heterocycles. The molecule has 0 bridgehead atoms. The highest BCUT2D eigenvalue weighted by molar-refractivity contribution is 7.98. The molecule has 1 aromatic carbocycles. The van der Waals surface area contributed by atoms with Gasteiger partial charge in [-0.05, 0) is 31.2 Å². The van der Waals surface area contributed by atoms with E-state index in [0.29, 0.717) is 11.8 Å². The summed E-state index contributed by atoms with van der Waals surface area (Å²) in [6.07, 6.45) is 1.17. The number of rotatable bonds is 5. The molecule has 1 heterocycles. The second-order valence-electron chi connectivity index (χ2n) is 3.92. The van der Waals surface area contributed by atoms with Gasteiger partial charge in [-0.2, -0.15) is 11.8 Å². The molecule has 0 saturated heterocycles. The van der Waals surface area contributed by atoms with E-state index in [1.54, 1.807) is 0 Å². The molecule has 3 nitrogen and oxygen atoms in total. The second-order valence-corrected chi connectivity index (χ2v) is 5.03. The molecule has 0 aliphatic rings. The van der Waals surface area contributed by atoms with Crippen molar-refractivity contribution in [3.8, 4) is 11.5 Å². The lowest BCUT2D eigenvalue weighted by molar-refractivity contribution is 0.528. The number of hydrogen-bond donors (Lipinski definition) is 0. The Balaban J connectivity index is 2.07. The number of thioether (sulfide) groups is 1. The molecule has 0 saturated carbocycles. The fraction of sp³-hybridized carbons (Fsp3) is 0.385. The topological polar surface area (TPSA) is 38.9 Å². The molecule has 2 aromatic rings. The molecule has 0 atom stereocenters. The maximum absolute atomic E-state index is 5.63. The van der Waals surface area contributed by atoms with Crippen LogP contribution in [0.3, 0.4) is 0 Å². The molecule has 90 valence electrons. The minimum absolute atomic E-state index is 0.612. The molecular formula is C13H16N2OS. The third-order valence-electron chi connectivity index (χ3n) is 2.31. The predicted molar refractivity (Wildman–Crippen MR) is 70.9 cm³/mol. The summed E-state index contributed by atoms with van der Waals surface area (Å²) in [5.74, 6) is 3.25. The third-order valence-corrected chi connectivity index (χ3v) is 3.45. The van der Waals surface area contributed by atoms with Crippen LogP contribution in [0.4, 0.5) is 0 Å². The monoisotopic (exact) mass is 248 g/mol. The summed E-state index contributed by atoms with van der Waals surface area (Å²) in [7, 11) is 0. The van der Waals surface area contributed by atoms with Crippen molar-refractivity contribution in [1.82, 2.24) is 10.2 Å². The molecule has 0 N–H and O–H groups in total. The third kappa shape index (κ3) is 3.33. The van der Waals surface area contributed by atoms with Crippen molar-refractivity contribution in [3.63, 3.8) is 0 Å². The maximum atomic E-state index is 5.63. The van der Waals surface area contributed by atoms with Gasteiger partial charge in [-0.1, -0.05) is 24.6 Å². The first kappa shape index (κ1) is 12.2. The maximum Gasteiger partial charge on any atom is 0.247 e. The van der Waals surface area contributed by atoms with Crippen molar-refractivity contribution in [2.24, 2.45) is 0 Å². The summed E-state index contributed by atoms with van der Waals surface area (Å²) in [5.41, 5.74) is 2.19. The Bertz CT molecular complexity index is 482. The largest absolute Gasteiger partial charge is 0.420 e. The zero-order valence-electron chi connectivity index (χ0n) is 10.1. The summed E-state index contributed by atoms with van der Waals surface area (Å²) in [5, 5.41) is 8.13. The van der Waals surface area contributed by atoms with E-state index in [2.05, 4.69) is 36.2 Å². The zero-order chi connectivity index (χ0) is 12.1. The van der Waals surface area contributed by atoms with Crippen molar-refractivity contribution < 1.29 is 4.42 Å². The summed E-state index contributed by atoms with van der Waals surface area (Å²) < 4.78 is 5.63. The molecule has 0 aliphatic heterocycles. The fourth-order valence-electron chi connectivity index (χ4n) is 1.51. The average molecular weight is 248 g/mol. The first-order valence-corrected chi connectivity index (χ1v) is 6.92. The highest BCUT2D eigenvalue weighted by Gasteiger charge is 2.08. The first-order valence-electron chi connectivity index (χ1n) is 5.76. The quantitative estimate of drug-likeness (QED) is 0.756. The number of nitrogens with zero attached hydrogens (tertiary/aromatic N) is 2. The normalized spacial score (nSPS) is 10.7. The van der Waals surface area contributed by atoms with Gasteiger partial charge in [-0.25, -0.2) is 0 Å². The number of benzene rings is 1. The molecule has 17 heavy (non-hydrogen) atoms. The Labute approximate surface area is 106 Å². The molecular weight excluding hydrogens is 232 g/mol. The van der Waals surface area contributed by atoms with Gasteiger partial charge in [0.25, 0.3) is 0 Å². The van der Waals surface area contributed by atoms with Gasteiger partial charge in [-0.15, -0.1) is 10.2 Å². The van der Waals surface area contributed by atoms with E-state index in [-0.39, 0.29) is 0 Å². The van der Waals surface area contributed by atoms with Crippen molar-refractivity contribution in [3.05, 3.63) is 35.7 Å². The fourth-order valence-corrected chi connectivity index (χ4v) is 2.23. The van der Waals surface area contributed by atoms with Crippen LogP contribution in [0, 0.1) is 6.92 Å². The Kier molecular flexibility index (Phi) is 4.20. The average Bonchev–Trinajstić information content (AvgIpc) is 2.78. The summed E-state index contributed by atoms with van der Waals surface area (Å²) in [4.78, 5) is 0. The molecule has 0 amide bonds. The highest BCUT2D eigenvalue weighted by Crippen LogP contribution is 2.20. The van der Waals surface area contributed by atoms with Crippen molar-refractivity contribution in [2.45, 2.75) is 26.0 Å². The van der Waals surface area contributed by atoms with Gasteiger partial charge in [-0.3, -0.25) is 0 Å². The minimum atomic E-state index is 0.612. The SMILES string of the molecule is CCCSCc1nnc(-c2cccc(C)c2)o1. The Morgan fingerprint density at radius 3 is 2.94 bits per heavy atom. The van der Waals surface area contributed by atoms with Crippen molar-refractivity contribution in [1.29, 1.82) is 0 Å². The van der Waals surface area contributed by atoms with Crippen LogP contribution >= 0.6 is 11.8 Å². The van der Waals surface area contributed by atoms with E-state index in [9.17, 15) is 0 Å². The molecule has 0 spiro atoms. The summed E-state index contributed by atoms with van der Waals surface area (Å²) >= 11 is 1.82. The van der Waals surface area contributed by atoms with Crippen LogP contribution in [0.1, 0.15) is 24.8 Å². The smallest absolute Gasteiger partial charge is 0.247 e. The van der Waals surface area contributed by atoms with Crippen LogP contribution in [-0.4, -0.2) is 16.0 Å². The molecule has 0 fully saturated rings. The predicted octanol–water partition coefficient (Wildman–Crippen LogP) is 3.69. The molecule has 0 unspecified atom stereocenters. The lowest BCUT2D eigenvalue weighted by atomic mass is 10.1. The van der Waals surface area contributed by atoms with Gasteiger partial charge in [0.2, 0.25) is 11.8 Å². The van der Waals surface area contributed by atoms with Crippen molar-refractivity contribution in [2.75, 3.05) is 5.75 Å². The van der Waals surface area contributed by atoms with Crippen molar-refractivity contribution >= 4 is 11.8 Å². The van der Waals surface area contributed by atoms with E-state index in [4.69, 9.17) is 4.42 Å². The first-order chi connectivity index (χ1) is 8.29. The minimum Gasteiger partial charge on any atom is -0.420 e. The molecule has 0 aliphatic carbocycles. The van der Waals surface area contributed by atoms with E-state index in [1.807, 2.05) is 23.9 Å². The van der Waals surface area contributed by atoms with E-state index >= 15 is 0 Å². The Morgan fingerprint density at radius 2 is 2.18 bits per heavy atom. The van der Waals surface area contributed by atoms with Gasteiger partial charge in [0, 0.05) is 5.56 Å². The van der Waals surface area contributed by atoms with Crippen LogP contribution in [0.5, 0.6) is 0 Å². The number of hydrogen-bond acceptors (Lipinski definition) is 4. The standard InChI is InChI=1S/C13H16N2OS/c1-3-7-17-9-12-14-15-13(16-12)11-6-4-5-10(2)8-11/h4-6,8H,3,7,9H2,1-2H3. The summed E-state index contributed by atoms with van der Waals surface area (Å²) in [6.45, 7) is 4.22. The zero-order valence-corrected chi connectivity index (χ0v) is 11.0. The summed E-state index contributed by atoms with van der Waals surface area (Å²) in [6, 6.07) is 8.10. The van der Waals surface area contributed by atoms with Crippen LogP contribution in [0.2, 0.25) is 0 Å². The van der Waals surface area contributed by atoms with Crippen LogP contribution in [-0.2, 0) is 5.75 Å². The molecule has 0 radical (unpaired) electrons.